The Morgan fingerprint density at radius 3 is 3.14 bits per heavy atom. The number of halogens is 2. The van der Waals surface area contributed by atoms with Crippen LogP contribution in [0.1, 0.15) is 30.3 Å². The van der Waals surface area contributed by atoms with Crippen LogP contribution >= 0.6 is 23.8 Å². The zero-order valence-electron chi connectivity index (χ0n) is 10.9. The number of rotatable bonds is 3. The van der Waals surface area contributed by atoms with Gasteiger partial charge in [-0.05, 0) is 37.2 Å². The Bertz CT molecular complexity index is 716. The predicted molar refractivity (Wildman–Crippen MR) is 79.7 cm³/mol. The largest absolute Gasteiger partial charge is 0.370 e. The second-order valence-electron chi connectivity index (χ2n) is 4.58. The molecule has 2 heterocycles. The number of ether oxygens (including phenoxy) is 1. The van der Waals surface area contributed by atoms with Crippen molar-refractivity contribution >= 4 is 30.0 Å². The second kappa shape index (κ2) is 6.05. The minimum atomic E-state index is -0.445. The summed E-state index contributed by atoms with van der Waals surface area (Å²) in [6.07, 6.45) is 3.01. The highest BCUT2D eigenvalue weighted by Gasteiger charge is 2.23. The maximum absolute atomic E-state index is 13.7. The molecular weight excluding hydrogens is 315 g/mol. The van der Waals surface area contributed by atoms with Crippen molar-refractivity contribution in [3.05, 3.63) is 45.2 Å². The molecule has 8 heteroatoms. The van der Waals surface area contributed by atoms with E-state index >= 15 is 0 Å². The third-order valence-corrected chi connectivity index (χ3v) is 3.79. The summed E-state index contributed by atoms with van der Waals surface area (Å²) in [5.74, 6) is 0.140. The number of nitrogens with zero attached hydrogens (tertiary/aromatic N) is 3. The van der Waals surface area contributed by atoms with Crippen molar-refractivity contribution < 1.29 is 9.13 Å². The number of aromatic amines is 1. The van der Waals surface area contributed by atoms with Crippen molar-refractivity contribution in [1.29, 1.82) is 0 Å². The van der Waals surface area contributed by atoms with Crippen LogP contribution in [0.3, 0.4) is 0 Å². The van der Waals surface area contributed by atoms with Crippen LogP contribution in [0, 0.1) is 10.6 Å². The van der Waals surface area contributed by atoms with Crippen LogP contribution in [0.2, 0.25) is 5.02 Å². The van der Waals surface area contributed by atoms with Crippen LogP contribution in [-0.4, -0.2) is 27.7 Å². The maximum atomic E-state index is 13.7. The van der Waals surface area contributed by atoms with Crippen molar-refractivity contribution in [3.63, 3.8) is 0 Å². The lowest BCUT2D eigenvalue weighted by Gasteiger charge is -2.07. The van der Waals surface area contributed by atoms with E-state index < -0.39 is 5.82 Å². The zero-order valence-corrected chi connectivity index (χ0v) is 12.5. The standard InChI is InChI=1S/C13H12ClFN4OS/c14-9-3-1-4-10(15)8(9)7-16-19-12(17-18-13(19)21)11-5-2-6-20-11/h1,3-4,7,11H,2,5-6H2,(H,18,21)/t11-/m0/s1. The molecule has 110 valence electrons. The van der Waals surface area contributed by atoms with Gasteiger partial charge < -0.3 is 4.74 Å². The number of hydrogen-bond donors (Lipinski definition) is 1. The van der Waals surface area contributed by atoms with E-state index in [1.165, 1.54) is 23.0 Å². The van der Waals surface area contributed by atoms with Crippen LogP contribution < -0.4 is 0 Å². The summed E-state index contributed by atoms with van der Waals surface area (Å²) >= 11 is 11.1. The summed E-state index contributed by atoms with van der Waals surface area (Å²) in [6, 6.07) is 4.46. The molecule has 1 fully saturated rings. The van der Waals surface area contributed by atoms with Crippen LogP contribution in [0.4, 0.5) is 4.39 Å². The van der Waals surface area contributed by atoms with Crippen LogP contribution in [0.5, 0.6) is 0 Å². The Labute approximate surface area is 130 Å². The lowest BCUT2D eigenvalue weighted by molar-refractivity contribution is 0.102. The van der Waals surface area contributed by atoms with E-state index in [0.717, 1.165) is 12.8 Å². The normalized spacial score (nSPS) is 18.7. The Morgan fingerprint density at radius 2 is 2.43 bits per heavy atom. The molecule has 1 saturated heterocycles. The first-order chi connectivity index (χ1) is 10.2. The Balaban J connectivity index is 1.96. The lowest BCUT2D eigenvalue weighted by Crippen LogP contribution is -2.05. The van der Waals surface area contributed by atoms with Gasteiger partial charge in [0.1, 0.15) is 11.9 Å². The SMILES string of the molecule is Fc1cccc(Cl)c1C=Nn1c([C@@H]2CCCO2)n[nH]c1=S. The van der Waals surface area contributed by atoms with E-state index in [2.05, 4.69) is 15.3 Å². The summed E-state index contributed by atoms with van der Waals surface area (Å²) in [5.41, 5.74) is 0.209. The Morgan fingerprint density at radius 1 is 1.57 bits per heavy atom. The van der Waals surface area contributed by atoms with Crippen molar-refractivity contribution in [2.45, 2.75) is 18.9 Å². The topological polar surface area (TPSA) is 55.2 Å². The van der Waals surface area contributed by atoms with Gasteiger partial charge in [-0.1, -0.05) is 17.7 Å². The minimum absolute atomic E-state index is 0.147. The predicted octanol–water partition coefficient (Wildman–Crippen LogP) is 3.47. The summed E-state index contributed by atoms with van der Waals surface area (Å²) in [4.78, 5) is 0. The van der Waals surface area contributed by atoms with Gasteiger partial charge in [0.05, 0.1) is 11.2 Å². The average molecular weight is 327 g/mol. The summed E-state index contributed by atoms with van der Waals surface area (Å²) in [7, 11) is 0. The monoisotopic (exact) mass is 326 g/mol. The van der Waals surface area contributed by atoms with Gasteiger partial charge in [0.25, 0.3) is 0 Å². The molecule has 1 aliphatic heterocycles. The molecule has 0 aliphatic carbocycles. The number of hydrogen-bond acceptors (Lipinski definition) is 4. The molecule has 5 nitrogen and oxygen atoms in total. The number of H-pyrrole nitrogens is 1. The molecule has 0 radical (unpaired) electrons. The molecule has 1 aromatic carbocycles. The fraction of sp³-hybridized carbons (Fsp3) is 0.308. The Kier molecular flexibility index (Phi) is 4.14. The zero-order chi connectivity index (χ0) is 14.8. The molecule has 1 aromatic heterocycles. The third-order valence-electron chi connectivity index (χ3n) is 3.20. The highest BCUT2D eigenvalue weighted by atomic mass is 35.5. The Hall–Kier alpha value is -1.57. The number of nitrogens with one attached hydrogen (secondary N) is 1. The lowest BCUT2D eigenvalue weighted by atomic mass is 10.2. The fourth-order valence-electron chi connectivity index (χ4n) is 2.15. The van der Waals surface area contributed by atoms with E-state index in [1.807, 2.05) is 0 Å². The van der Waals surface area contributed by atoms with Gasteiger partial charge in [0.2, 0.25) is 4.77 Å². The number of benzene rings is 1. The second-order valence-corrected chi connectivity index (χ2v) is 5.37. The van der Waals surface area contributed by atoms with E-state index in [0.29, 0.717) is 17.2 Å². The highest BCUT2D eigenvalue weighted by molar-refractivity contribution is 7.71. The van der Waals surface area contributed by atoms with Crippen molar-refractivity contribution in [2.75, 3.05) is 6.61 Å². The summed E-state index contributed by atoms with van der Waals surface area (Å²) in [5, 5.41) is 11.3. The molecule has 0 spiro atoms. The molecule has 1 aliphatic rings. The molecule has 0 bridgehead atoms. The van der Waals surface area contributed by atoms with Gasteiger partial charge >= 0.3 is 0 Å². The van der Waals surface area contributed by atoms with E-state index in [1.54, 1.807) is 6.07 Å². The third kappa shape index (κ3) is 2.90. The molecule has 21 heavy (non-hydrogen) atoms. The summed E-state index contributed by atoms with van der Waals surface area (Å²) in [6.45, 7) is 0.688. The van der Waals surface area contributed by atoms with Gasteiger partial charge in [-0.25, -0.2) is 4.39 Å². The van der Waals surface area contributed by atoms with E-state index in [9.17, 15) is 4.39 Å². The molecule has 1 N–H and O–H groups in total. The first-order valence-corrected chi connectivity index (χ1v) is 7.22. The number of aromatic nitrogens is 3. The van der Waals surface area contributed by atoms with Crippen molar-refractivity contribution in [1.82, 2.24) is 14.9 Å². The van der Waals surface area contributed by atoms with Crippen molar-refractivity contribution in [3.8, 4) is 0 Å². The fourth-order valence-corrected chi connectivity index (χ4v) is 2.55. The van der Waals surface area contributed by atoms with Gasteiger partial charge in [0.15, 0.2) is 5.82 Å². The molecular formula is C13H12ClFN4OS. The van der Waals surface area contributed by atoms with Gasteiger partial charge in [0, 0.05) is 12.2 Å². The smallest absolute Gasteiger partial charge is 0.216 e. The average Bonchev–Trinajstić information content (AvgIpc) is 3.08. The first kappa shape index (κ1) is 14.4. The first-order valence-electron chi connectivity index (χ1n) is 6.44. The van der Waals surface area contributed by atoms with E-state index in [-0.39, 0.29) is 16.7 Å². The quantitative estimate of drug-likeness (QED) is 0.694. The molecule has 0 amide bonds. The maximum Gasteiger partial charge on any atom is 0.216 e. The molecule has 2 aromatic rings. The van der Waals surface area contributed by atoms with Gasteiger partial charge in [-0.2, -0.15) is 14.9 Å². The molecule has 3 rings (SSSR count). The molecule has 1 atom stereocenters. The molecule has 0 unspecified atom stereocenters. The van der Waals surface area contributed by atoms with Crippen LogP contribution in [-0.2, 0) is 4.74 Å². The minimum Gasteiger partial charge on any atom is -0.370 e. The van der Waals surface area contributed by atoms with Gasteiger partial charge in [-0.3, -0.25) is 5.10 Å². The summed E-state index contributed by atoms with van der Waals surface area (Å²) < 4.78 is 21.1. The highest BCUT2D eigenvalue weighted by Crippen LogP contribution is 2.27. The van der Waals surface area contributed by atoms with Crippen LogP contribution in [0.25, 0.3) is 0 Å². The molecule has 0 saturated carbocycles. The van der Waals surface area contributed by atoms with Crippen molar-refractivity contribution in [2.24, 2.45) is 5.10 Å². The van der Waals surface area contributed by atoms with E-state index in [4.69, 9.17) is 28.6 Å². The van der Waals surface area contributed by atoms with Crippen LogP contribution in [0.15, 0.2) is 23.3 Å². The van der Waals surface area contributed by atoms with Gasteiger partial charge in [-0.15, -0.1) is 0 Å².